The summed E-state index contributed by atoms with van der Waals surface area (Å²) in [5.74, 6) is 1.63. The third-order valence-corrected chi connectivity index (χ3v) is 8.27. The predicted molar refractivity (Wildman–Crippen MR) is 160 cm³/mol. The Morgan fingerprint density at radius 2 is 0.921 bits per heavy atom. The van der Waals surface area contributed by atoms with Crippen molar-refractivity contribution in [1.82, 2.24) is 0 Å². The van der Waals surface area contributed by atoms with Crippen LogP contribution in [0.3, 0.4) is 0 Å². The van der Waals surface area contributed by atoms with Gasteiger partial charge in [0.2, 0.25) is 0 Å². The molecule has 4 heteroatoms. The van der Waals surface area contributed by atoms with Gasteiger partial charge in [-0.1, -0.05) is 83.9 Å². The maximum Gasteiger partial charge on any atom is 0.118 e. The van der Waals surface area contributed by atoms with Crippen molar-refractivity contribution in [3.8, 4) is 56.0 Å². The van der Waals surface area contributed by atoms with Gasteiger partial charge in [-0.2, -0.15) is 0 Å². The number of methoxy groups -OCH3 is 2. The van der Waals surface area contributed by atoms with Crippen molar-refractivity contribution in [2.75, 3.05) is 14.2 Å². The molecule has 1 aliphatic rings. The molecule has 0 spiro atoms. The largest absolute Gasteiger partial charge is 0.497 e. The Kier molecular flexibility index (Phi) is 5.36. The van der Waals surface area contributed by atoms with Crippen LogP contribution in [-0.4, -0.2) is 14.2 Å². The van der Waals surface area contributed by atoms with Crippen molar-refractivity contribution >= 4 is 44.7 Å². The molecule has 0 aliphatic heterocycles. The normalized spacial score (nSPS) is 11.7. The Balaban J connectivity index is 1.71. The molecule has 0 saturated carbocycles. The van der Waals surface area contributed by atoms with Gasteiger partial charge in [-0.25, -0.2) is 0 Å². The van der Waals surface area contributed by atoms with Gasteiger partial charge in [-0.3, -0.25) is 0 Å². The molecule has 0 unspecified atom stereocenters. The molecule has 184 valence electrons. The summed E-state index contributed by atoms with van der Waals surface area (Å²) in [6, 6.07) is 33.6. The van der Waals surface area contributed by atoms with E-state index in [0.717, 1.165) is 44.5 Å². The second-order valence-electron chi connectivity index (χ2n) is 9.48. The summed E-state index contributed by atoms with van der Waals surface area (Å²) in [5.41, 5.74) is 9.32. The van der Waals surface area contributed by atoms with Crippen LogP contribution in [0.2, 0.25) is 10.0 Å². The molecule has 0 bridgehead atoms. The van der Waals surface area contributed by atoms with E-state index in [0.29, 0.717) is 10.0 Å². The zero-order valence-corrected chi connectivity index (χ0v) is 22.3. The minimum Gasteiger partial charge on any atom is -0.497 e. The predicted octanol–water partition coefficient (Wildman–Crippen LogP) is 10.3. The van der Waals surface area contributed by atoms with Crippen LogP contribution in [0.5, 0.6) is 11.5 Å². The fourth-order valence-electron chi connectivity index (χ4n) is 5.89. The van der Waals surface area contributed by atoms with Crippen molar-refractivity contribution in [3.05, 3.63) is 107 Å². The number of ether oxygens (including phenoxy) is 2. The molecule has 38 heavy (non-hydrogen) atoms. The summed E-state index contributed by atoms with van der Waals surface area (Å²) >= 11 is 13.4. The Labute approximate surface area is 231 Å². The maximum absolute atomic E-state index is 6.69. The summed E-state index contributed by atoms with van der Waals surface area (Å²) in [6.45, 7) is 0. The highest BCUT2D eigenvalue weighted by Crippen LogP contribution is 2.58. The standard InChI is InChI=1S/C34H22Cl2O2/c1-37-22-13-9-20(10-14-22)31-26-17-28(35)29(36)18-27(26)32(21-11-15-23(38-2)16-12-21)34-25-8-4-6-19-5-3-7-24(30(19)25)33(31)34/h3-18H,1-2H3. The first-order chi connectivity index (χ1) is 18.6. The van der Waals surface area contributed by atoms with Gasteiger partial charge in [0.05, 0.1) is 24.3 Å². The molecule has 1 aliphatic carbocycles. The van der Waals surface area contributed by atoms with E-state index in [1.807, 2.05) is 36.4 Å². The highest BCUT2D eigenvalue weighted by molar-refractivity contribution is 6.43. The van der Waals surface area contributed by atoms with Crippen molar-refractivity contribution in [3.63, 3.8) is 0 Å². The van der Waals surface area contributed by atoms with Gasteiger partial charge in [0.25, 0.3) is 0 Å². The third-order valence-electron chi connectivity index (χ3n) is 7.55. The van der Waals surface area contributed by atoms with E-state index in [-0.39, 0.29) is 0 Å². The van der Waals surface area contributed by atoms with Gasteiger partial charge in [-0.15, -0.1) is 0 Å². The van der Waals surface area contributed by atoms with Gasteiger partial charge >= 0.3 is 0 Å². The maximum atomic E-state index is 6.69. The summed E-state index contributed by atoms with van der Waals surface area (Å²) in [5, 5.41) is 5.66. The quantitative estimate of drug-likeness (QED) is 0.224. The van der Waals surface area contributed by atoms with E-state index in [1.54, 1.807) is 14.2 Å². The Morgan fingerprint density at radius 1 is 0.500 bits per heavy atom. The van der Waals surface area contributed by atoms with Gasteiger partial charge < -0.3 is 9.47 Å². The number of hydrogen-bond acceptors (Lipinski definition) is 2. The Morgan fingerprint density at radius 3 is 1.32 bits per heavy atom. The number of benzene rings is 6. The van der Waals surface area contributed by atoms with Crippen LogP contribution in [0.1, 0.15) is 0 Å². The van der Waals surface area contributed by atoms with Gasteiger partial charge in [0.1, 0.15) is 11.5 Å². The second-order valence-corrected chi connectivity index (χ2v) is 10.3. The fourth-order valence-corrected chi connectivity index (χ4v) is 6.22. The molecule has 0 fully saturated rings. The Bertz CT molecular complexity index is 1750. The van der Waals surface area contributed by atoms with E-state index in [9.17, 15) is 0 Å². The SMILES string of the molecule is COc1ccc(-c2c3c(c(-c4ccc(OC)cc4)c4cc(Cl)c(Cl)cc24)-c2cccc4cccc-3c24)cc1. The minimum atomic E-state index is 0.531. The van der Waals surface area contributed by atoms with E-state index in [2.05, 4.69) is 60.7 Å². The topological polar surface area (TPSA) is 18.5 Å². The van der Waals surface area contributed by atoms with Crippen LogP contribution in [0.4, 0.5) is 0 Å². The first-order valence-electron chi connectivity index (χ1n) is 12.4. The summed E-state index contributed by atoms with van der Waals surface area (Å²) < 4.78 is 10.9. The average Bonchev–Trinajstić information content (AvgIpc) is 3.28. The smallest absolute Gasteiger partial charge is 0.118 e. The average molecular weight is 533 g/mol. The lowest BCUT2D eigenvalue weighted by Crippen LogP contribution is -1.94. The molecule has 6 aromatic carbocycles. The molecule has 0 saturated heterocycles. The van der Waals surface area contributed by atoms with Gasteiger partial charge in [0, 0.05) is 0 Å². The van der Waals surface area contributed by atoms with Crippen LogP contribution in [0, 0.1) is 0 Å². The minimum absolute atomic E-state index is 0.531. The molecule has 0 atom stereocenters. The number of rotatable bonds is 4. The molecule has 7 rings (SSSR count). The molecule has 6 aromatic rings. The molecule has 0 N–H and O–H groups in total. The van der Waals surface area contributed by atoms with Crippen LogP contribution in [0.25, 0.3) is 66.1 Å². The highest BCUT2D eigenvalue weighted by Gasteiger charge is 2.30. The van der Waals surface area contributed by atoms with Crippen molar-refractivity contribution in [2.45, 2.75) is 0 Å². The van der Waals surface area contributed by atoms with Gasteiger partial charge in [0.15, 0.2) is 0 Å². The van der Waals surface area contributed by atoms with Crippen molar-refractivity contribution in [1.29, 1.82) is 0 Å². The Hall–Kier alpha value is -3.98. The molecule has 0 heterocycles. The molecule has 0 aromatic heterocycles. The molecule has 0 amide bonds. The lowest BCUT2D eigenvalue weighted by Gasteiger charge is -2.21. The van der Waals surface area contributed by atoms with Crippen LogP contribution >= 0.6 is 23.2 Å². The molecule has 0 radical (unpaired) electrons. The zero-order valence-electron chi connectivity index (χ0n) is 20.8. The van der Waals surface area contributed by atoms with E-state index in [1.165, 1.54) is 33.0 Å². The summed E-state index contributed by atoms with van der Waals surface area (Å²) in [4.78, 5) is 0. The van der Waals surface area contributed by atoms with Crippen LogP contribution in [0.15, 0.2) is 97.1 Å². The number of hydrogen-bond donors (Lipinski definition) is 0. The zero-order chi connectivity index (χ0) is 26.0. The lowest BCUT2D eigenvalue weighted by molar-refractivity contribution is 0.415. The van der Waals surface area contributed by atoms with E-state index < -0.39 is 0 Å². The summed E-state index contributed by atoms with van der Waals surface area (Å²) in [6.07, 6.45) is 0. The third kappa shape index (κ3) is 3.34. The van der Waals surface area contributed by atoms with E-state index in [4.69, 9.17) is 32.7 Å². The summed E-state index contributed by atoms with van der Waals surface area (Å²) in [7, 11) is 3.37. The van der Waals surface area contributed by atoms with Crippen molar-refractivity contribution in [2.24, 2.45) is 0 Å². The number of halogens is 2. The monoisotopic (exact) mass is 532 g/mol. The van der Waals surface area contributed by atoms with E-state index >= 15 is 0 Å². The molecular weight excluding hydrogens is 511 g/mol. The van der Waals surface area contributed by atoms with Gasteiger partial charge in [-0.05, 0) is 102 Å². The highest BCUT2D eigenvalue weighted by atomic mass is 35.5. The van der Waals surface area contributed by atoms with Crippen LogP contribution in [-0.2, 0) is 0 Å². The molecule has 2 nitrogen and oxygen atoms in total. The lowest BCUT2D eigenvalue weighted by atomic mass is 9.82. The van der Waals surface area contributed by atoms with Crippen molar-refractivity contribution < 1.29 is 9.47 Å². The first-order valence-corrected chi connectivity index (χ1v) is 13.1. The number of fused-ring (bicyclic) bond motifs is 4. The second kappa shape index (κ2) is 8.80. The van der Waals surface area contributed by atoms with Crippen LogP contribution < -0.4 is 9.47 Å². The first kappa shape index (κ1) is 23.2. The fraction of sp³-hybridized carbons (Fsp3) is 0.0588. The molecular formula is C34H22Cl2O2.